The molecule has 1 heterocycles. The molecule has 1 amide bonds. The zero-order chi connectivity index (χ0) is 21.0. The van der Waals surface area contributed by atoms with Crippen LogP contribution in [0.15, 0.2) is 47.8 Å². The lowest BCUT2D eigenvalue weighted by atomic mass is 10.1. The second-order valence-corrected chi connectivity index (χ2v) is 7.72. The summed E-state index contributed by atoms with van der Waals surface area (Å²) in [6, 6.07) is 11.3. The summed E-state index contributed by atoms with van der Waals surface area (Å²) in [4.78, 5) is 37.5. The molecule has 0 aliphatic heterocycles. The van der Waals surface area contributed by atoms with E-state index in [0.717, 1.165) is 22.8 Å². The molecule has 0 radical (unpaired) electrons. The first kappa shape index (κ1) is 21.0. The first-order chi connectivity index (χ1) is 13.9. The van der Waals surface area contributed by atoms with Gasteiger partial charge in [0.1, 0.15) is 5.82 Å². The zero-order valence-corrected chi connectivity index (χ0v) is 17.1. The van der Waals surface area contributed by atoms with E-state index in [1.54, 1.807) is 18.2 Å². The number of ketones is 1. The van der Waals surface area contributed by atoms with Gasteiger partial charge in [-0.15, -0.1) is 11.3 Å². The summed E-state index contributed by atoms with van der Waals surface area (Å²) < 4.78 is 18.6. The highest BCUT2D eigenvalue weighted by Gasteiger charge is 2.24. The van der Waals surface area contributed by atoms with Crippen molar-refractivity contribution in [3.05, 3.63) is 69.8 Å². The van der Waals surface area contributed by atoms with Crippen LogP contribution >= 0.6 is 22.9 Å². The maximum Gasteiger partial charge on any atom is 0.374 e. The molecule has 1 aromatic heterocycles. The molecule has 0 aliphatic carbocycles. The Morgan fingerprint density at radius 1 is 1.10 bits per heavy atom. The molecule has 2 aromatic carbocycles. The Balaban J connectivity index is 1.87. The highest BCUT2D eigenvalue weighted by molar-refractivity contribution is 7.17. The normalized spacial score (nSPS) is 10.7. The number of fused-ring (bicyclic) bond motifs is 1. The molecule has 3 aromatic rings. The summed E-state index contributed by atoms with van der Waals surface area (Å²) in [7, 11) is 1.09. The number of hydrogen-bond acceptors (Lipinski definition) is 5. The number of Topliss-reactive ketones (excluding diaryl/α,β-unsaturated/α-hetero) is 1. The lowest BCUT2D eigenvalue weighted by molar-refractivity contribution is -0.153. The van der Waals surface area contributed by atoms with Gasteiger partial charge < -0.3 is 9.64 Å². The average Bonchev–Trinajstić information content (AvgIpc) is 3.10. The summed E-state index contributed by atoms with van der Waals surface area (Å²) in [6.07, 6.45) is -0.601. The number of thiophene rings is 1. The Morgan fingerprint density at radius 3 is 2.52 bits per heavy atom. The van der Waals surface area contributed by atoms with Gasteiger partial charge in [-0.2, -0.15) is 0 Å². The molecule has 29 heavy (non-hydrogen) atoms. The van der Waals surface area contributed by atoms with Crippen molar-refractivity contribution in [2.24, 2.45) is 0 Å². The maximum absolute atomic E-state index is 13.2. The Kier molecular flexibility index (Phi) is 6.61. The third kappa shape index (κ3) is 5.19. The summed E-state index contributed by atoms with van der Waals surface area (Å²) >= 11 is 7.62. The predicted molar refractivity (Wildman–Crippen MR) is 109 cm³/mol. The van der Waals surface area contributed by atoms with Crippen molar-refractivity contribution in [2.75, 3.05) is 7.11 Å². The van der Waals surface area contributed by atoms with E-state index in [0.29, 0.717) is 10.6 Å². The smallest absolute Gasteiger partial charge is 0.374 e. The number of hydrogen-bond donors (Lipinski definition) is 0. The number of halogens is 2. The Morgan fingerprint density at radius 2 is 1.83 bits per heavy atom. The third-order valence-electron chi connectivity index (χ3n) is 4.34. The van der Waals surface area contributed by atoms with Crippen LogP contribution in [0.2, 0.25) is 5.02 Å². The van der Waals surface area contributed by atoms with Crippen molar-refractivity contribution in [3.63, 3.8) is 0 Å². The molecule has 0 fully saturated rings. The fourth-order valence-electron chi connectivity index (χ4n) is 2.86. The largest absolute Gasteiger partial charge is 0.463 e. The minimum atomic E-state index is -1.06. The Bertz CT molecular complexity index is 1060. The van der Waals surface area contributed by atoms with Gasteiger partial charge in [0.15, 0.2) is 0 Å². The van der Waals surface area contributed by atoms with Crippen molar-refractivity contribution >= 4 is 50.7 Å². The minimum absolute atomic E-state index is 0.158. The number of esters is 1. The topological polar surface area (TPSA) is 63.7 Å². The summed E-state index contributed by atoms with van der Waals surface area (Å²) in [5, 5.41) is 3.42. The monoisotopic (exact) mass is 433 g/mol. The van der Waals surface area contributed by atoms with Crippen LogP contribution in [0.25, 0.3) is 10.1 Å². The van der Waals surface area contributed by atoms with Gasteiger partial charge in [0.05, 0.1) is 13.5 Å². The van der Waals surface area contributed by atoms with Gasteiger partial charge in [-0.05, 0) is 52.2 Å². The molecular weight excluding hydrogens is 417 g/mol. The van der Waals surface area contributed by atoms with Crippen LogP contribution in [0, 0.1) is 5.82 Å². The van der Waals surface area contributed by atoms with Crippen LogP contribution in [0.4, 0.5) is 4.39 Å². The molecule has 3 rings (SSSR count). The molecule has 150 valence electrons. The number of carbonyl (C=O) groups is 3. The van der Waals surface area contributed by atoms with Crippen molar-refractivity contribution < 1.29 is 23.5 Å². The molecule has 0 atom stereocenters. The second kappa shape index (κ2) is 9.15. The van der Waals surface area contributed by atoms with E-state index >= 15 is 0 Å². The number of amides is 1. The maximum atomic E-state index is 13.2. The van der Waals surface area contributed by atoms with Gasteiger partial charge >= 0.3 is 5.97 Å². The summed E-state index contributed by atoms with van der Waals surface area (Å²) in [5.41, 5.74) is 1.57. The van der Waals surface area contributed by atoms with Crippen molar-refractivity contribution in [1.29, 1.82) is 0 Å². The number of ether oxygens (including phenoxy) is 1. The van der Waals surface area contributed by atoms with E-state index < -0.39 is 24.1 Å². The zero-order valence-electron chi connectivity index (χ0n) is 15.5. The quantitative estimate of drug-likeness (QED) is 0.315. The Hall–Kier alpha value is -2.77. The number of methoxy groups -OCH3 is 1. The van der Waals surface area contributed by atoms with Crippen molar-refractivity contribution in [3.8, 4) is 0 Å². The number of rotatable bonds is 7. The van der Waals surface area contributed by atoms with Crippen LogP contribution in [0.3, 0.4) is 0 Å². The van der Waals surface area contributed by atoms with Crippen LogP contribution in [0.5, 0.6) is 0 Å². The SMILES string of the molecule is COC(=O)C(=O)CC(=O)N(Cc1ccc(F)cc1)Cc1csc2ccc(Cl)cc12. The average molecular weight is 434 g/mol. The lowest BCUT2D eigenvalue weighted by Crippen LogP contribution is -2.33. The Labute approximate surface area is 175 Å². The van der Waals surface area contributed by atoms with Gasteiger partial charge in [0.25, 0.3) is 0 Å². The standard InChI is InChI=1S/C21H17ClFNO4S/c1-28-21(27)18(25)9-20(26)24(10-13-2-5-16(23)6-3-13)11-14-12-29-19-7-4-15(22)8-17(14)19/h2-8,12H,9-11H2,1H3. The molecule has 8 heteroatoms. The van der Waals surface area contributed by atoms with Crippen LogP contribution < -0.4 is 0 Å². The van der Waals surface area contributed by atoms with E-state index in [2.05, 4.69) is 4.74 Å². The molecule has 0 aliphatic rings. The fraction of sp³-hybridized carbons (Fsp3) is 0.190. The van der Waals surface area contributed by atoms with Crippen LogP contribution in [-0.4, -0.2) is 29.7 Å². The minimum Gasteiger partial charge on any atom is -0.463 e. The number of carbonyl (C=O) groups excluding carboxylic acids is 3. The van der Waals surface area contributed by atoms with Gasteiger partial charge in [-0.25, -0.2) is 9.18 Å². The highest BCUT2D eigenvalue weighted by Crippen LogP contribution is 2.30. The van der Waals surface area contributed by atoms with Gasteiger partial charge in [0.2, 0.25) is 11.7 Å². The van der Waals surface area contributed by atoms with Gasteiger partial charge in [0, 0.05) is 22.8 Å². The molecule has 0 saturated carbocycles. The summed E-state index contributed by atoms with van der Waals surface area (Å²) in [6.45, 7) is 0.372. The molecule has 0 saturated heterocycles. The van der Waals surface area contributed by atoms with Crippen molar-refractivity contribution in [1.82, 2.24) is 4.90 Å². The molecule has 0 unspecified atom stereocenters. The summed E-state index contributed by atoms with van der Waals surface area (Å²) in [5.74, 6) is -2.88. The van der Waals surface area contributed by atoms with E-state index in [9.17, 15) is 18.8 Å². The molecular formula is C21H17ClFNO4S. The lowest BCUT2D eigenvalue weighted by Gasteiger charge is -2.22. The van der Waals surface area contributed by atoms with E-state index in [1.807, 2.05) is 17.5 Å². The van der Waals surface area contributed by atoms with Crippen molar-refractivity contribution in [2.45, 2.75) is 19.5 Å². The van der Waals surface area contributed by atoms with E-state index in [-0.39, 0.29) is 18.9 Å². The van der Waals surface area contributed by atoms with E-state index in [1.165, 1.54) is 28.4 Å². The highest BCUT2D eigenvalue weighted by atomic mass is 35.5. The van der Waals surface area contributed by atoms with Crippen LogP contribution in [-0.2, 0) is 32.2 Å². The molecule has 0 bridgehead atoms. The molecule has 0 N–H and O–H groups in total. The first-order valence-corrected chi connectivity index (χ1v) is 9.92. The molecule has 5 nitrogen and oxygen atoms in total. The molecule has 0 spiro atoms. The first-order valence-electron chi connectivity index (χ1n) is 8.66. The number of benzene rings is 2. The predicted octanol–water partition coefficient (Wildman–Crippen LogP) is 4.35. The van der Waals surface area contributed by atoms with E-state index in [4.69, 9.17) is 11.6 Å². The van der Waals surface area contributed by atoms with Gasteiger partial charge in [-0.3, -0.25) is 9.59 Å². The number of nitrogens with zero attached hydrogens (tertiary/aromatic N) is 1. The van der Waals surface area contributed by atoms with Gasteiger partial charge in [-0.1, -0.05) is 23.7 Å². The fourth-order valence-corrected chi connectivity index (χ4v) is 3.97. The third-order valence-corrected chi connectivity index (χ3v) is 5.59. The second-order valence-electron chi connectivity index (χ2n) is 6.37. The van der Waals surface area contributed by atoms with Crippen LogP contribution in [0.1, 0.15) is 17.5 Å².